The highest BCUT2D eigenvalue weighted by Gasteiger charge is 2.16. The molecular weight excluding hydrogens is 358 g/mol. The molecule has 0 fully saturated rings. The molecule has 25 heavy (non-hydrogen) atoms. The number of aromatic nitrogens is 2. The number of carbonyl (C=O) groups excluding carboxylic acids is 2. The molecule has 2 aromatic rings. The fourth-order valence-electron chi connectivity index (χ4n) is 1.80. The van der Waals surface area contributed by atoms with Gasteiger partial charge in [0.1, 0.15) is 0 Å². The number of carbonyl (C=O) groups is 2. The first-order chi connectivity index (χ1) is 11.7. The molecule has 0 bridgehead atoms. The molecule has 0 radical (unpaired) electrons. The van der Waals surface area contributed by atoms with Crippen molar-refractivity contribution < 1.29 is 9.59 Å². The highest BCUT2D eigenvalue weighted by atomic mass is 32.2. The molecule has 1 heterocycles. The van der Waals surface area contributed by atoms with Crippen LogP contribution in [0.25, 0.3) is 0 Å². The van der Waals surface area contributed by atoms with Crippen LogP contribution >= 0.6 is 23.1 Å². The summed E-state index contributed by atoms with van der Waals surface area (Å²) in [6.45, 7) is 5.68. The number of urea groups is 1. The first-order valence-corrected chi connectivity index (χ1v) is 9.42. The minimum Gasteiger partial charge on any atom is -0.333 e. The Labute approximate surface area is 155 Å². The lowest BCUT2D eigenvalue weighted by Gasteiger charge is -2.19. The Morgan fingerprint density at radius 1 is 1.20 bits per heavy atom. The van der Waals surface area contributed by atoms with Gasteiger partial charge in [-0.25, -0.2) is 4.79 Å². The number of anilines is 2. The first-order valence-electron chi connectivity index (χ1n) is 7.62. The minimum atomic E-state index is -0.333. The number of benzene rings is 1. The second-order valence-electron chi connectivity index (χ2n) is 6.28. The molecule has 134 valence electrons. The van der Waals surface area contributed by atoms with E-state index in [4.69, 9.17) is 0 Å². The average molecular weight is 380 g/mol. The van der Waals surface area contributed by atoms with Gasteiger partial charge in [-0.2, -0.15) is 0 Å². The van der Waals surface area contributed by atoms with Crippen LogP contribution in [0.1, 0.15) is 20.8 Å². The van der Waals surface area contributed by atoms with Crippen molar-refractivity contribution in [3.05, 3.63) is 30.3 Å². The highest BCUT2D eigenvalue weighted by molar-refractivity contribution is 8.01. The smallest absolute Gasteiger partial charge is 0.321 e. The number of thioether (sulfide) groups is 1. The predicted octanol–water partition coefficient (Wildman–Crippen LogP) is 3.21. The lowest BCUT2D eigenvalue weighted by atomic mass is 10.1. The summed E-state index contributed by atoms with van der Waals surface area (Å²) in [4.78, 5) is 25.6. The van der Waals surface area contributed by atoms with Gasteiger partial charge in [-0.1, -0.05) is 41.3 Å². The summed E-state index contributed by atoms with van der Waals surface area (Å²) in [5.41, 5.74) is 0.507. The molecule has 1 aromatic carbocycles. The summed E-state index contributed by atoms with van der Waals surface area (Å²) < 4.78 is 0.626. The summed E-state index contributed by atoms with van der Waals surface area (Å²) in [5.74, 6) is 0.209. The normalized spacial score (nSPS) is 11.0. The molecule has 0 aliphatic rings. The lowest BCUT2D eigenvalue weighted by Crippen LogP contribution is -2.43. The van der Waals surface area contributed by atoms with Gasteiger partial charge < -0.3 is 10.2 Å². The maximum atomic E-state index is 12.2. The topological polar surface area (TPSA) is 87.2 Å². The van der Waals surface area contributed by atoms with Crippen molar-refractivity contribution in [2.45, 2.75) is 30.6 Å². The SMILES string of the molecule is CN(C(=O)CSc1nnc(NC(=O)NC(C)(C)C)s1)c1ccccc1. The third kappa shape index (κ3) is 6.35. The van der Waals surface area contributed by atoms with Crippen molar-refractivity contribution in [2.75, 3.05) is 23.0 Å². The Hall–Kier alpha value is -2.13. The lowest BCUT2D eigenvalue weighted by molar-refractivity contribution is -0.115. The molecule has 1 aromatic heterocycles. The van der Waals surface area contributed by atoms with E-state index in [0.29, 0.717) is 9.47 Å². The molecule has 0 unspecified atom stereocenters. The van der Waals surface area contributed by atoms with E-state index in [1.165, 1.54) is 23.1 Å². The molecule has 0 spiro atoms. The second kappa shape index (κ2) is 8.30. The van der Waals surface area contributed by atoms with E-state index in [9.17, 15) is 9.59 Å². The standard InChI is InChI=1S/C16H21N5O2S2/c1-16(2,3)18-13(23)17-14-19-20-15(25-14)24-10-12(22)21(4)11-8-6-5-7-9-11/h5-9H,10H2,1-4H3,(H2,17,18,19,23). The fourth-order valence-corrected chi connectivity index (χ4v) is 3.46. The monoisotopic (exact) mass is 379 g/mol. The maximum Gasteiger partial charge on any atom is 0.321 e. The molecule has 3 amide bonds. The molecule has 0 saturated heterocycles. The summed E-state index contributed by atoms with van der Waals surface area (Å²) in [6, 6.07) is 9.10. The van der Waals surface area contributed by atoms with Crippen LogP contribution in [0, 0.1) is 0 Å². The number of hydrogen-bond donors (Lipinski definition) is 2. The molecule has 0 atom stereocenters. The summed E-state index contributed by atoms with van der Waals surface area (Å²) >= 11 is 2.53. The molecule has 0 aliphatic carbocycles. The van der Waals surface area contributed by atoms with Crippen molar-refractivity contribution in [3.63, 3.8) is 0 Å². The van der Waals surface area contributed by atoms with Gasteiger partial charge in [0.15, 0.2) is 4.34 Å². The van der Waals surface area contributed by atoms with Crippen molar-refractivity contribution >= 4 is 45.9 Å². The van der Waals surface area contributed by atoms with E-state index in [0.717, 1.165) is 5.69 Å². The second-order valence-corrected chi connectivity index (χ2v) is 8.48. The van der Waals surface area contributed by atoms with E-state index in [2.05, 4.69) is 20.8 Å². The first kappa shape index (κ1) is 19.2. The zero-order valence-corrected chi connectivity index (χ0v) is 16.2. The minimum absolute atomic E-state index is 0.0358. The van der Waals surface area contributed by atoms with Gasteiger partial charge in [-0.3, -0.25) is 10.1 Å². The van der Waals surface area contributed by atoms with Crippen LogP contribution < -0.4 is 15.5 Å². The van der Waals surface area contributed by atoms with Gasteiger partial charge >= 0.3 is 6.03 Å². The number of hydrogen-bond acceptors (Lipinski definition) is 6. The molecule has 9 heteroatoms. The summed E-state index contributed by atoms with van der Waals surface area (Å²) in [5, 5.41) is 13.7. The number of rotatable bonds is 5. The largest absolute Gasteiger partial charge is 0.333 e. The van der Waals surface area contributed by atoms with Gasteiger partial charge in [0.2, 0.25) is 11.0 Å². The Balaban J connectivity index is 1.85. The van der Waals surface area contributed by atoms with Crippen LogP contribution in [0.15, 0.2) is 34.7 Å². The van der Waals surface area contributed by atoms with Crippen molar-refractivity contribution in [3.8, 4) is 0 Å². The zero-order chi connectivity index (χ0) is 18.4. The van der Waals surface area contributed by atoms with Crippen LogP contribution in [0.2, 0.25) is 0 Å². The third-order valence-corrected chi connectivity index (χ3v) is 4.91. The van der Waals surface area contributed by atoms with Gasteiger partial charge in [-0.15, -0.1) is 10.2 Å². The van der Waals surface area contributed by atoms with Crippen molar-refractivity contribution in [1.82, 2.24) is 15.5 Å². The Morgan fingerprint density at radius 3 is 2.52 bits per heavy atom. The van der Waals surface area contributed by atoms with Crippen molar-refractivity contribution in [2.24, 2.45) is 0 Å². The molecule has 0 aliphatic heterocycles. The molecular formula is C16H21N5O2S2. The van der Waals surface area contributed by atoms with E-state index < -0.39 is 0 Å². The molecule has 0 saturated carbocycles. The van der Waals surface area contributed by atoms with Crippen LogP contribution in [0.5, 0.6) is 0 Å². The zero-order valence-electron chi connectivity index (χ0n) is 14.6. The number of nitrogens with one attached hydrogen (secondary N) is 2. The Morgan fingerprint density at radius 2 is 1.88 bits per heavy atom. The van der Waals surface area contributed by atoms with Gasteiger partial charge in [-0.05, 0) is 32.9 Å². The van der Waals surface area contributed by atoms with Crippen LogP contribution in [-0.4, -0.2) is 40.5 Å². The molecule has 7 nitrogen and oxygen atoms in total. The number of para-hydroxylation sites is 1. The summed E-state index contributed by atoms with van der Waals surface area (Å²) in [6.07, 6.45) is 0. The van der Waals surface area contributed by atoms with E-state index in [1.54, 1.807) is 11.9 Å². The number of amides is 3. The van der Waals surface area contributed by atoms with E-state index in [-0.39, 0.29) is 23.2 Å². The molecule has 2 N–H and O–H groups in total. The number of nitrogens with zero attached hydrogens (tertiary/aromatic N) is 3. The predicted molar refractivity (Wildman–Crippen MR) is 102 cm³/mol. The molecule has 2 rings (SSSR count). The quantitative estimate of drug-likeness (QED) is 0.615. The van der Waals surface area contributed by atoms with E-state index >= 15 is 0 Å². The van der Waals surface area contributed by atoms with Crippen LogP contribution in [-0.2, 0) is 4.79 Å². The van der Waals surface area contributed by atoms with Crippen molar-refractivity contribution in [1.29, 1.82) is 0 Å². The maximum absolute atomic E-state index is 12.2. The van der Waals surface area contributed by atoms with Gasteiger partial charge in [0.25, 0.3) is 0 Å². The summed E-state index contributed by atoms with van der Waals surface area (Å²) in [7, 11) is 1.74. The van der Waals surface area contributed by atoms with E-state index in [1.807, 2.05) is 51.1 Å². The fraction of sp³-hybridized carbons (Fsp3) is 0.375. The Bertz CT molecular complexity index is 728. The third-order valence-electron chi connectivity index (χ3n) is 2.95. The highest BCUT2D eigenvalue weighted by Crippen LogP contribution is 2.26. The van der Waals surface area contributed by atoms with Gasteiger partial charge in [0.05, 0.1) is 5.75 Å². The van der Waals surface area contributed by atoms with Gasteiger partial charge in [0, 0.05) is 18.3 Å². The Kier molecular flexibility index (Phi) is 6.38. The van der Waals surface area contributed by atoms with Crippen LogP contribution in [0.3, 0.4) is 0 Å². The average Bonchev–Trinajstić information content (AvgIpc) is 2.98. The van der Waals surface area contributed by atoms with Crippen LogP contribution in [0.4, 0.5) is 15.6 Å².